The number of carboxylic acid groups (broad SMARTS) is 1. The normalized spacial score (nSPS) is 14.2. The van der Waals surface area contributed by atoms with Gasteiger partial charge in [-0.25, -0.2) is 9.78 Å². The zero-order valence-electron chi connectivity index (χ0n) is 22.2. The standard InChI is InChI=1S/C17H18ClN3O4.C10H8F6N/c18-14-4-2-1-3-12(14)15-13(16(22)23)11-19-17(20-15)25-10-7-21-5-8-24-9-6-21;1-17-5-6-2-7(9(11,12)13)4-8(3-6)10(14,15)16/h1-4,11H,5-10H2,(H,22,23);2-4H,5H2,1H3/q;-1. The Morgan fingerprint density at radius 2 is 1.69 bits per heavy atom. The number of morpholine rings is 1. The molecule has 1 N–H and O–H groups in total. The molecule has 15 heteroatoms. The number of hydrogen-bond donors (Lipinski definition) is 1. The highest BCUT2D eigenvalue weighted by molar-refractivity contribution is 6.33. The molecule has 0 unspecified atom stereocenters. The second kappa shape index (κ2) is 14.6. The van der Waals surface area contributed by atoms with Crippen molar-refractivity contribution in [2.75, 3.05) is 46.5 Å². The Labute approximate surface area is 242 Å². The number of carbonyl (C=O) groups is 1. The molecule has 42 heavy (non-hydrogen) atoms. The van der Waals surface area contributed by atoms with Crippen LogP contribution >= 0.6 is 11.6 Å². The second-order valence-corrected chi connectivity index (χ2v) is 9.30. The van der Waals surface area contributed by atoms with Crippen molar-refractivity contribution < 1.29 is 45.7 Å². The van der Waals surface area contributed by atoms with Crippen molar-refractivity contribution in [3.63, 3.8) is 0 Å². The Morgan fingerprint density at radius 3 is 2.24 bits per heavy atom. The molecule has 8 nitrogen and oxygen atoms in total. The third kappa shape index (κ3) is 9.54. The summed E-state index contributed by atoms with van der Waals surface area (Å²) < 4.78 is 85.2. The van der Waals surface area contributed by atoms with Crippen molar-refractivity contribution in [3.8, 4) is 17.3 Å². The van der Waals surface area contributed by atoms with Crippen molar-refractivity contribution in [1.29, 1.82) is 0 Å². The predicted molar refractivity (Wildman–Crippen MR) is 142 cm³/mol. The summed E-state index contributed by atoms with van der Waals surface area (Å²) in [5.74, 6) is -1.12. The number of alkyl halides is 6. The molecule has 0 saturated carbocycles. The number of halogens is 7. The van der Waals surface area contributed by atoms with Gasteiger partial charge >= 0.3 is 24.3 Å². The molecule has 3 aromatic rings. The fraction of sp³-hybridized carbons (Fsp3) is 0.370. The van der Waals surface area contributed by atoms with E-state index in [-0.39, 0.29) is 35.4 Å². The number of nitrogens with zero attached hydrogens (tertiary/aromatic N) is 4. The van der Waals surface area contributed by atoms with Crippen molar-refractivity contribution in [1.82, 2.24) is 14.9 Å². The summed E-state index contributed by atoms with van der Waals surface area (Å²) in [5.41, 5.74) is -1.99. The van der Waals surface area contributed by atoms with Gasteiger partial charge in [0.25, 0.3) is 0 Å². The Morgan fingerprint density at radius 1 is 1.07 bits per heavy atom. The van der Waals surface area contributed by atoms with Gasteiger partial charge in [0.2, 0.25) is 0 Å². The molecule has 0 aliphatic carbocycles. The van der Waals surface area contributed by atoms with E-state index in [1.807, 2.05) is 0 Å². The van der Waals surface area contributed by atoms with Crippen LogP contribution in [0.1, 0.15) is 27.0 Å². The van der Waals surface area contributed by atoms with Crippen LogP contribution in [0.25, 0.3) is 16.6 Å². The smallest absolute Gasteiger partial charge is 0.416 e. The molecule has 0 bridgehead atoms. The SMILES string of the molecule is C[N-]Cc1cc(C(F)(F)F)cc(C(F)(F)F)c1.O=C(O)c1cnc(OCCN2CCOCC2)nc1-c1ccccc1Cl. The Hall–Kier alpha value is -3.46. The lowest BCUT2D eigenvalue weighted by Gasteiger charge is -2.26. The first-order valence-electron chi connectivity index (χ1n) is 12.4. The Kier molecular flexibility index (Phi) is 11.5. The van der Waals surface area contributed by atoms with Crippen molar-refractivity contribution in [3.05, 3.63) is 81.3 Å². The molecule has 0 atom stereocenters. The minimum atomic E-state index is -4.80. The van der Waals surface area contributed by atoms with Gasteiger partial charge in [-0.3, -0.25) is 4.90 Å². The molecule has 228 valence electrons. The van der Waals surface area contributed by atoms with Crippen LogP contribution in [-0.2, 0) is 23.6 Å². The van der Waals surface area contributed by atoms with Crippen LogP contribution in [-0.4, -0.2) is 72.4 Å². The molecule has 1 aliphatic rings. The van der Waals surface area contributed by atoms with Gasteiger partial charge in [-0.2, -0.15) is 38.4 Å². The highest BCUT2D eigenvalue weighted by Crippen LogP contribution is 2.36. The van der Waals surface area contributed by atoms with Gasteiger partial charge in [-0.1, -0.05) is 35.4 Å². The molecule has 2 heterocycles. The highest BCUT2D eigenvalue weighted by Gasteiger charge is 2.36. The van der Waals surface area contributed by atoms with E-state index in [9.17, 15) is 36.2 Å². The van der Waals surface area contributed by atoms with Gasteiger partial charge in [0, 0.05) is 36.4 Å². The fourth-order valence-electron chi connectivity index (χ4n) is 3.83. The first-order chi connectivity index (χ1) is 19.8. The van der Waals surface area contributed by atoms with E-state index in [0.717, 1.165) is 32.8 Å². The molecule has 1 aromatic heterocycles. The molecule has 2 aromatic carbocycles. The first kappa shape index (κ1) is 33.0. The summed E-state index contributed by atoms with van der Waals surface area (Å²) >= 11 is 6.18. The molecule has 1 aliphatic heterocycles. The summed E-state index contributed by atoms with van der Waals surface area (Å²) in [5, 5.41) is 13.3. The molecular weight excluding hydrogens is 594 g/mol. The van der Waals surface area contributed by atoms with E-state index in [2.05, 4.69) is 20.2 Å². The largest absolute Gasteiger partial charge is 0.661 e. The van der Waals surface area contributed by atoms with E-state index in [1.165, 1.54) is 13.2 Å². The number of hydrogen-bond acceptors (Lipinski definition) is 6. The Bertz CT molecular complexity index is 1320. The zero-order chi connectivity index (χ0) is 30.9. The monoisotopic (exact) mass is 619 g/mol. The van der Waals surface area contributed by atoms with E-state index < -0.39 is 29.4 Å². The molecule has 1 fully saturated rings. The van der Waals surface area contributed by atoms with Crippen LogP contribution in [0.4, 0.5) is 26.3 Å². The molecule has 0 amide bonds. The maximum Gasteiger partial charge on any atom is 0.416 e. The Balaban J connectivity index is 0.000000250. The molecule has 1 saturated heterocycles. The van der Waals surface area contributed by atoms with Crippen molar-refractivity contribution >= 4 is 17.6 Å². The van der Waals surface area contributed by atoms with E-state index in [1.54, 1.807) is 24.3 Å². The summed E-state index contributed by atoms with van der Waals surface area (Å²) in [6.45, 7) is 4.14. The van der Waals surface area contributed by atoms with Crippen molar-refractivity contribution in [2.45, 2.75) is 18.9 Å². The molecule has 0 radical (unpaired) electrons. The number of carboxylic acids is 1. The second-order valence-electron chi connectivity index (χ2n) is 8.89. The summed E-state index contributed by atoms with van der Waals surface area (Å²) in [6, 6.07) is 8.51. The summed E-state index contributed by atoms with van der Waals surface area (Å²) in [4.78, 5) is 21.9. The average Bonchev–Trinajstić information content (AvgIpc) is 2.93. The number of aromatic carboxylic acids is 1. The molecular formula is C27H26ClF6N4O4-. The van der Waals surface area contributed by atoms with E-state index in [4.69, 9.17) is 21.1 Å². The minimum Gasteiger partial charge on any atom is -0.661 e. The number of aromatic nitrogens is 2. The minimum absolute atomic E-state index is 0.0198. The van der Waals surface area contributed by atoms with Crippen LogP contribution in [0, 0.1) is 0 Å². The predicted octanol–water partition coefficient (Wildman–Crippen LogP) is 6.43. The van der Waals surface area contributed by atoms with Gasteiger partial charge in [0.1, 0.15) is 12.2 Å². The first-order valence-corrected chi connectivity index (χ1v) is 12.8. The molecule has 4 rings (SSSR count). The van der Waals surface area contributed by atoms with Gasteiger partial charge in [0.15, 0.2) is 0 Å². The number of ether oxygens (including phenoxy) is 2. The third-order valence-electron chi connectivity index (χ3n) is 5.86. The maximum absolute atomic E-state index is 12.4. The van der Waals surface area contributed by atoms with Crippen molar-refractivity contribution in [2.24, 2.45) is 0 Å². The van der Waals surface area contributed by atoms with Crippen LogP contribution in [0.5, 0.6) is 6.01 Å². The third-order valence-corrected chi connectivity index (χ3v) is 6.19. The lowest BCUT2D eigenvalue weighted by molar-refractivity contribution is -0.143. The topological polar surface area (TPSA) is 98.9 Å². The number of benzene rings is 2. The summed E-state index contributed by atoms with van der Waals surface area (Å²) in [6.07, 6.45) is -8.36. The van der Waals surface area contributed by atoms with Crippen LogP contribution in [0.2, 0.25) is 5.02 Å². The molecule has 0 spiro atoms. The lowest BCUT2D eigenvalue weighted by atomic mass is 10.0. The van der Waals surface area contributed by atoms with Crippen LogP contribution in [0.15, 0.2) is 48.7 Å². The van der Waals surface area contributed by atoms with E-state index in [0.29, 0.717) is 29.3 Å². The van der Waals surface area contributed by atoms with Gasteiger partial charge in [0.05, 0.1) is 30.0 Å². The fourth-order valence-corrected chi connectivity index (χ4v) is 4.06. The van der Waals surface area contributed by atoms with Crippen LogP contribution in [0.3, 0.4) is 0 Å². The van der Waals surface area contributed by atoms with Gasteiger partial charge in [-0.15, -0.1) is 6.54 Å². The average molecular weight is 620 g/mol. The van der Waals surface area contributed by atoms with Crippen LogP contribution < -0.4 is 4.74 Å². The highest BCUT2D eigenvalue weighted by atomic mass is 35.5. The van der Waals surface area contributed by atoms with Gasteiger partial charge < -0.3 is 19.9 Å². The maximum atomic E-state index is 12.4. The summed E-state index contributed by atoms with van der Waals surface area (Å²) in [7, 11) is 1.31. The lowest BCUT2D eigenvalue weighted by Crippen LogP contribution is -2.38. The number of rotatable bonds is 8. The van der Waals surface area contributed by atoms with E-state index >= 15 is 0 Å². The van der Waals surface area contributed by atoms with Gasteiger partial charge in [-0.05, 0) is 24.3 Å². The quantitative estimate of drug-likeness (QED) is 0.290. The zero-order valence-corrected chi connectivity index (χ0v) is 22.9.